The van der Waals surface area contributed by atoms with Crippen LogP contribution >= 0.6 is 11.8 Å². The molecule has 1 atom stereocenters. The second kappa shape index (κ2) is 9.56. The molecule has 1 aromatic rings. The third-order valence-corrected chi connectivity index (χ3v) is 5.04. The van der Waals surface area contributed by atoms with Crippen molar-refractivity contribution < 1.29 is 23.8 Å². The topological polar surface area (TPSA) is 77.1 Å². The summed E-state index contributed by atoms with van der Waals surface area (Å²) in [6.07, 6.45) is 3.21. The predicted octanol–water partition coefficient (Wildman–Crippen LogP) is 2.07. The average Bonchev–Trinajstić information content (AvgIpc) is 2.68. The third kappa shape index (κ3) is 4.75. The zero-order valence-corrected chi connectivity index (χ0v) is 16.5. The fraction of sp³-hybridized carbons (Fsp3) is 0.556. The number of benzene rings is 1. The van der Waals surface area contributed by atoms with Crippen LogP contribution < -0.4 is 14.8 Å². The number of methoxy groups -OCH3 is 3. The van der Waals surface area contributed by atoms with Crippen molar-refractivity contribution in [2.45, 2.75) is 25.4 Å². The van der Waals surface area contributed by atoms with Gasteiger partial charge in [-0.3, -0.25) is 0 Å². The van der Waals surface area contributed by atoms with Crippen LogP contribution in [0.4, 0.5) is 4.79 Å². The summed E-state index contributed by atoms with van der Waals surface area (Å²) >= 11 is 1.62. The smallest absolute Gasteiger partial charge is 0.328 e. The standard InChI is InChI=1S/C18H26N2O5S/c1-23-15-9-12-5-7-20(11-13(12)10-16(15)24-2)18(22)19-14(6-8-26-4)17(21)25-3/h9-10,14H,5-8,11H2,1-4H3,(H,19,22)/t14-/m0/s1. The Morgan fingerprint density at radius 1 is 1.19 bits per heavy atom. The number of nitrogens with one attached hydrogen (secondary N) is 1. The van der Waals surface area contributed by atoms with Crippen LogP contribution in [-0.2, 0) is 22.5 Å². The van der Waals surface area contributed by atoms with E-state index in [1.54, 1.807) is 30.9 Å². The van der Waals surface area contributed by atoms with Crippen molar-refractivity contribution >= 4 is 23.8 Å². The first kappa shape index (κ1) is 20.2. The molecule has 7 nitrogen and oxygen atoms in total. The summed E-state index contributed by atoms with van der Waals surface area (Å²) in [5.74, 6) is 1.67. The van der Waals surface area contributed by atoms with E-state index in [1.807, 2.05) is 18.4 Å². The lowest BCUT2D eigenvalue weighted by molar-refractivity contribution is -0.142. The molecule has 0 radical (unpaired) electrons. The number of hydrogen-bond donors (Lipinski definition) is 1. The molecule has 26 heavy (non-hydrogen) atoms. The number of nitrogens with zero attached hydrogens (tertiary/aromatic N) is 1. The summed E-state index contributed by atoms with van der Waals surface area (Å²) in [6.45, 7) is 1.03. The summed E-state index contributed by atoms with van der Waals surface area (Å²) in [4.78, 5) is 26.2. The van der Waals surface area contributed by atoms with Crippen molar-refractivity contribution in [3.8, 4) is 11.5 Å². The first-order chi connectivity index (χ1) is 12.5. The Balaban J connectivity index is 2.08. The van der Waals surface area contributed by atoms with Gasteiger partial charge in [-0.15, -0.1) is 0 Å². The van der Waals surface area contributed by atoms with Gasteiger partial charge in [0.1, 0.15) is 6.04 Å². The predicted molar refractivity (Wildman–Crippen MR) is 101 cm³/mol. The minimum absolute atomic E-state index is 0.262. The molecule has 0 saturated heterocycles. The molecule has 0 aliphatic carbocycles. The van der Waals surface area contributed by atoms with Gasteiger partial charge in [0.25, 0.3) is 0 Å². The zero-order valence-electron chi connectivity index (χ0n) is 15.7. The maximum Gasteiger partial charge on any atom is 0.328 e. The van der Waals surface area contributed by atoms with E-state index in [2.05, 4.69) is 5.32 Å². The summed E-state index contributed by atoms with van der Waals surface area (Å²) in [7, 11) is 4.52. The van der Waals surface area contributed by atoms with E-state index in [0.29, 0.717) is 31.0 Å². The molecule has 8 heteroatoms. The molecule has 1 N–H and O–H groups in total. The minimum Gasteiger partial charge on any atom is -0.493 e. The number of urea groups is 1. The largest absolute Gasteiger partial charge is 0.493 e. The monoisotopic (exact) mass is 382 g/mol. The number of thioether (sulfide) groups is 1. The number of rotatable bonds is 7. The van der Waals surface area contributed by atoms with Gasteiger partial charge in [-0.05, 0) is 48.1 Å². The van der Waals surface area contributed by atoms with Crippen molar-refractivity contribution in [3.63, 3.8) is 0 Å². The maximum absolute atomic E-state index is 12.6. The molecule has 0 fully saturated rings. The Morgan fingerprint density at radius 2 is 1.85 bits per heavy atom. The summed E-state index contributed by atoms with van der Waals surface area (Å²) in [5, 5.41) is 2.80. The molecule has 0 spiro atoms. The van der Waals surface area contributed by atoms with Gasteiger partial charge in [-0.2, -0.15) is 11.8 Å². The van der Waals surface area contributed by atoms with E-state index >= 15 is 0 Å². The summed E-state index contributed by atoms with van der Waals surface area (Å²) in [5.41, 5.74) is 2.15. The van der Waals surface area contributed by atoms with Crippen molar-refractivity contribution in [1.82, 2.24) is 10.2 Å². The Morgan fingerprint density at radius 3 is 2.42 bits per heavy atom. The highest BCUT2D eigenvalue weighted by atomic mass is 32.2. The van der Waals surface area contributed by atoms with Crippen LogP contribution in [-0.4, -0.2) is 62.8 Å². The summed E-state index contributed by atoms with van der Waals surface area (Å²) < 4.78 is 15.5. The van der Waals surface area contributed by atoms with Crippen molar-refractivity contribution in [2.24, 2.45) is 0 Å². The van der Waals surface area contributed by atoms with Crippen LogP contribution in [0.5, 0.6) is 11.5 Å². The Labute approximate surface area is 158 Å². The number of hydrogen-bond acceptors (Lipinski definition) is 6. The Hall–Kier alpha value is -2.09. The van der Waals surface area contributed by atoms with Gasteiger partial charge in [0.2, 0.25) is 0 Å². The highest BCUT2D eigenvalue weighted by molar-refractivity contribution is 7.98. The number of esters is 1. The molecule has 0 aromatic heterocycles. The number of ether oxygens (including phenoxy) is 3. The quantitative estimate of drug-likeness (QED) is 0.728. The molecule has 1 heterocycles. The van der Waals surface area contributed by atoms with Crippen LogP contribution in [0.3, 0.4) is 0 Å². The molecule has 1 aromatic carbocycles. The highest BCUT2D eigenvalue weighted by Gasteiger charge is 2.27. The molecule has 1 aliphatic rings. The fourth-order valence-electron chi connectivity index (χ4n) is 2.92. The van der Waals surface area contributed by atoms with Crippen LogP contribution in [0, 0.1) is 0 Å². The van der Waals surface area contributed by atoms with Crippen molar-refractivity contribution in [3.05, 3.63) is 23.3 Å². The molecule has 2 amide bonds. The van der Waals surface area contributed by atoms with Gasteiger partial charge in [0.05, 0.1) is 21.3 Å². The van der Waals surface area contributed by atoms with Gasteiger partial charge >= 0.3 is 12.0 Å². The van der Waals surface area contributed by atoms with E-state index in [9.17, 15) is 9.59 Å². The van der Waals surface area contributed by atoms with Gasteiger partial charge in [0.15, 0.2) is 11.5 Å². The van der Waals surface area contributed by atoms with E-state index in [1.165, 1.54) is 7.11 Å². The van der Waals surface area contributed by atoms with E-state index in [4.69, 9.17) is 14.2 Å². The normalized spacial score (nSPS) is 14.2. The number of carbonyl (C=O) groups excluding carboxylic acids is 2. The Bertz CT molecular complexity index is 653. The zero-order chi connectivity index (χ0) is 19.1. The lowest BCUT2D eigenvalue weighted by Crippen LogP contribution is -2.49. The third-order valence-electron chi connectivity index (χ3n) is 4.40. The van der Waals surface area contributed by atoms with Gasteiger partial charge in [-0.1, -0.05) is 0 Å². The lowest BCUT2D eigenvalue weighted by atomic mass is 9.99. The fourth-order valence-corrected chi connectivity index (χ4v) is 3.40. The SMILES string of the molecule is COC(=O)[C@H](CCSC)NC(=O)N1CCc2cc(OC)c(OC)cc2C1. The molecular weight excluding hydrogens is 356 g/mol. The molecule has 0 unspecified atom stereocenters. The lowest BCUT2D eigenvalue weighted by Gasteiger charge is -2.31. The van der Waals surface area contributed by atoms with Crippen LogP contribution in [0.15, 0.2) is 12.1 Å². The van der Waals surface area contributed by atoms with Crippen LogP contribution in [0.2, 0.25) is 0 Å². The second-order valence-corrected chi connectivity index (χ2v) is 6.94. The minimum atomic E-state index is -0.633. The first-order valence-electron chi connectivity index (χ1n) is 8.40. The molecule has 1 aliphatic heterocycles. The highest BCUT2D eigenvalue weighted by Crippen LogP contribution is 2.33. The van der Waals surface area contributed by atoms with Crippen molar-refractivity contribution in [2.75, 3.05) is 39.9 Å². The van der Waals surface area contributed by atoms with E-state index in [0.717, 1.165) is 23.3 Å². The van der Waals surface area contributed by atoms with Gasteiger partial charge in [-0.25, -0.2) is 9.59 Å². The molecule has 2 rings (SSSR count). The van der Waals surface area contributed by atoms with Crippen molar-refractivity contribution in [1.29, 1.82) is 0 Å². The molecule has 144 valence electrons. The number of fused-ring (bicyclic) bond motifs is 1. The van der Waals surface area contributed by atoms with E-state index < -0.39 is 12.0 Å². The number of amides is 2. The van der Waals surface area contributed by atoms with Gasteiger partial charge in [0, 0.05) is 13.1 Å². The molecule has 0 saturated carbocycles. The first-order valence-corrected chi connectivity index (χ1v) is 9.79. The average molecular weight is 382 g/mol. The van der Waals surface area contributed by atoms with E-state index in [-0.39, 0.29) is 6.03 Å². The molecule has 0 bridgehead atoms. The summed E-state index contributed by atoms with van der Waals surface area (Å²) in [6, 6.07) is 2.96. The molecular formula is C18H26N2O5S. The van der Waals surface area contributed by atoms with Crippen LogP contribution in [0.25, 0.3) is 0 Å². The maximum atomic E-state index is 12.6. The van der Waals surface area contributed by atoms with Gasteiger partial charge < -0.3 is 24.4 Å². The second-order valence-electron chi connectivity index (χ2n) is 5.95. The number of carbonyl (C=O) groups is 2. The Kier molecular flexibility index (Phi) is 7.44. The van der Waals surface area contributed by atoms with Crippen LogP contribution in [0.1, 0.15) is 17.5 Å².